The van der Waals surface area contributed by atoms with E-state index >= 15 is 0 Å². The van der Waals surface area contributed by atoms with Gasteiger partial charge >= 0.3 is 0 Å². The molecular weight excluding hydrogens is 388 g/mol. The van der Waals surface area contributed by atoms with E-state index in [2.05, 4.69) is 4.98 Å². The summed E-state index contributed by atoms with van der Waals surface area (Å²) in [5.41, 5.74) is -0.378. The van der Waals surface area contributed by atoms with Crippen LogP contribution in [0, 0.1) is 0 Å². The average molecular weight is 408 g/mol. The molecule has 148 valence electrons. The highest BCUT2D eigenvalue weighted by Gasteiger charge is 2.35. The van der Waals surface area contributed by atoms with Gasteiger partial charge in [0.2, 0.25) is 0 Å². The molecule has 2 aromatic heterocycles. The fourth-order valence-corrected chi connectivity index (χ4v) is 5.02. The molecule has 0 bridgehead atoms. The lowest BCUT2D eigenvalue weighted by atomic mass is 9.93. The summed E-state index contributed by atoms with van der Waals surface area (Å²) in [7, 11) is -2.46. The molecule has 2 heterocycles. The lowest BCUT2D eigenvalue weighted by Crippen LogP contribution is -2.29. The Bertz CT molecular complexity index is 1260. The Morgan fingerprint density at radius 3 is 2.34 bits per heavy atom. The first-order valence-electron chi connectivity index (χ1n) is 8.99. The topological polar surface area (TPSA) is 81.4 Å². The van der Waals surface area contributed by atoms with E-state index in [1.807, 2.05) is 0 Å². The van der Waals surface area contributed by atoms with E-state index in [9.17, 15) is 13.5 Å². The van der Waals surface area contributed by atoms with Gasteiger partial charge < -0.3 is 9.84 Å². The number of aliphatic hydroxyl groups is 1. The number of rotatable bonds is 5. The van der Waals surface area contributed by atoms with Crippen LogP contribution in [-0.4, -0.2) is 29.6 Å². The van der Waals surface area contributed by atoms with Crippen molar-refractivity contribution >= 4 is 20.9 Å². The van der Waals surface area contributed by atoms with Crippen LogP contribution in [0.1, 0.15) is 18.2 Å². The standard InChI is InChI=1S/C22H20N2O4S/c1-22(25,17-10-12-23-13-11-17)21-14-16-8-9-18(28-2)15-20(16)24(21)29(26,27)19-6-4-3-5-7-19/h3-15,25H,1-2H3. The van der Waals surface area contributed by atoms with Crippen LogP contribution < -0.4 is 4.74 Å². The number of ether oxygens (including phenoxy) is 1. The first-order valence-corrected chi connectivity index (χ1v) is 10.4. The SMILES string of the molecule is COc1ccc2cc(C(C)(O)c3ccncc3)n(S(=O)(=O)c3ccccc3)c2c1. The zero-order valence-corrected chi connectivity index (χ0v) is 16.8. The van der Waals surface area contributed by atoms with Crippen LogP contribution in [0.5, 0.6) is 5.75 Å². The second-order valence-electron chi connectivity index (χ2n) is 6.84. The van der Waals surface area contributed by atoms with Crippen molar-refractivity contribution in [2.24, 2.45) is 0 Å². The van der Waals surface area contributed by atoms with Crippen LogP contribution in [0.15, 0.2) is 84.0 Å². The predicted molar refractivity (Wildman–Crippen MR) is 110 cm³/mol. The number of nitrogens with zero attached hydrogens (tertiary/aromatic N) is 2. The van der Waals surface area contributed by atoms with Crippen molar-refractivity contribution in [3.8, 4) is 5.75 Å². The van der Waals surface area contributed by atoms with Crippen LogP contribution in [0.4, 0.5) is 0 Å². The van der Waals surface area contributed by atoms with Crippen molar-refractivity contribution in [2.45, 2.75) is 17.4 Å². The second kappa shape index (κ2) is 7.02. The molecule has 1 atom stereocenters. The van der Waals surface area contributed by atoms with Crippen molar-refractivity contribution in [3.05, 3.63) is 90.4 Å². The third kappa shape index (κ3) is 3.18. The number of benzene rings is 2. The van der Waals surface area contributed by atoms with Gasteiger partial charge in [0.05, 0.1) is 23.2 Å². The fourth-order valence-electron chi connectivity index (χ4n) is 3.40. The van der Waals surface area contributed by atoms with E-state index in [0.29, 0.717) is 22.2 Å². The molecule has 0 amide bonds. The Balaban J connectivity index is 2.07. The Morgan fingerprint density at radius 1 is 1.00 bits per heavy atom. The molecule has 0 radical (unpaired) electrons. The maximum Gasteiger partial charge on any atom is 0.268 e. The van der Waals surface area contributed by atoms with E-state index in [4.69, 9.17) is 4.74 Å². The molecule has 0 aliphatic rings. The van der Waals surface area contributed by atoms with Crippen LogP contribution in [0.25, 0.3) is 10.9 Å². The van der Waals surface area contributed by atoms with Gasteiger partial charge in [-0.05, 0) is 55.0 Å². The summed E-state index contributed by atoms with van der Waals surface area (Å²) in [6, 6.07) is 18.4. The average Bonchev–Trinajstić information content (AvgIpc) is 3.15. The Kier molecular flexibility index (Phi) is 4.64. The van der Waals surface area contributed by atoms with Gasteiger partial charge in [0.15, 0.2) is 0 Å². The quantitative estimate of drug-likeness (QED) is 0.546. The summed E-state index contributed by atoms with van der Waals surface area (Å²) in [5, 5.41) is 12.1. The molecule has 6 nitrogen and oxygen atoms in total. The fraction of sp³-hybridized carbons (Fsp3) is 0.136. The van der Waals surface area contributed by atoms with Gasteiger partial charge in [-0.1, -0.05) is 18.2 Å². The van der Waals surface area contributed by atoms with Crippen LogP contribution >= 0.6 is 0 Å². The van der Waals surface area contributed by atoms with Gasteiger partial charge in [-0.25, -0.2) is 12.4 Å². The molecule has 0 fully saturated rings. The minimum atomic E-state index is -3.98. The highest BCUT2D eigenvalue weighted by Crippen LogP contribution is 2.37. The molecule has 2 aromatic carbocycles. The number of methoxy groups -OCH3 is 1. The number of aromatic nitrogens is 2. The van der Waals surface area contributed by atoms with Gasteiger partial charge in [0, 0.05) is 23.8 Å². The number of hydrogen-bond donors (Lipinski definition) is 1. The van der Waals surface area contributed by atoms with E-state index < -0.39 is 15.6 Å². The summed E-state index contributed by atoms with van der Waals surface area (Å²) in [6.07, 6.45) is 3.12. The normalized spacial score (nSPS) is 13.9. The van der Waals surface area contributed by atoms with Gasteiger partial charge in [0.1, 0.15) is 11.4 Å². The molecule has 1 unspecified atom stereocenters. The molecule has 0 aliphatic carbocycles. The molecule has 1 N–H and O–H groups in total. The van der Waals surface area contributed by atoms with Crippen molar-refractivity contribution in [1.82, 2.24) is 8.96 Å². The van der Waals surface area contributed by atoms with E-state index in [-0.39, 0.29) is 10.6 Å². The molecule has 29 heavy (non-hydrogen) atoms. The molecule has 7 heteroatoms. The number of fused-ring (bicyclic) bond motifs is 1. The first-order chi connectivity index (χ1) is 13.9. The zero-order valence-electron chi connectivity index (χ0n) is 16.0. The molecule has 0 aliphatic heterocycles. The van der Waals surface area contributed by atoms with Crippen molar-refractivity contribution < 1.29 is 18.3 Å². The lowest BCUT2D eigenvalue weighted by molar-refractivity contribution is 0.0968. The molecular formula is C22H20N2O4S. The molecule has 4 rings (SSSR count). The maximum absolute atomic E-state index is 13.6. The second-order valence-corrected chi connectivity index (χ2v) is 8.63. The summed E-state index contributed by atoms with van der Waals surface area (Å²) < 4.78 is 33.7. The van der Waals surface area contributed by atoms with E-state index in [1.165, 1.54) is 23.2 Å². The smallest absolute Gasteiger partial charge is 0.268 e. The monoisotopic (exact) mass is 408 g/mol. The largest absolute Gasteiger partial charge is 0.497 e. The lowest BCUT2D eigenvalue weighted by Gasteiger charge is -2.26. The zero-order chi connectivity index (χ0) is 20.6. The van der Waals surface area contributed by atoms with Gasteiger partial charge in [-0.3, -0.25) is 4.98 Å². The highest BCUT2D eigenvalue weighted by molar-refractivity contribution is 7.90. The molecule has 4 aromatic rings. The summed E-state index contributed by atoms with van der Waals surface area (Å²) in [4.78, 5) is 4.12. The summed E-state index contributed by atoms with van der Waals surface area (Å²) >= 11 is 0. The van der Waals surface area contributed by atoms with E-state index in [0.717, 1.165) is 0 Å². The minimum absolute atomic E-state index is 0.132. The molecule has 0 saturated heterocycles. The molecule has 0 spiro atoms. The van der Waals surface area contributed by atoms with E-state index in [1.54, 1.807) is 73.9 Å². The van der Waals surface area contributed by atoms with Gasteiger partial charge in [-0.15, -0.1) is 0 Å². The van der Waals surface area contributed by atoms with Crippen molar-refractivity contribution in [3.63, 3.8) is 0 Å². The predicted octanol–water partition coefficient (Wildman–Crippen LogP) is 3.54. The third-order valence-corrected chi connectivity index (χ3v) is 6.73. The molecule has 0 saturated carbocycles. The first kappa shape index (κ1) is 19.2. The maximum atomic E-state index is 13.6. The Hall–Kier alpha value is -3.16. The van der Waals surface area contributed by atoms with Crippen LogP contribution in [0.2, 0.25) is 0 Å². The van der Waals surface area contributed by atoms with Crippen LogP contribution in [0.3, 0.4) is 0 Å². The van der Waals surface area contributed by atoms with Crippen LogP contribution in [-0.2, 0) is 15.6 Å². The summed E-state index contributed by atoms with van der Waals surface area (Å²) in [5.74, 6) is 0.523. The van der Waals surface area contributed by atoms with Crippen molar-refractivity contribution in [2.75, 3.05) is 7.11 Å². The van der Waals surface area contributed by atoms with Crippen molar-refractivity contribution in [1.29, 1.82) is 0 Å². The highest BCUT2D eigenvalue weighted by atomic mass is 32.2. The van der Waals surface area contributed by atoms with Gasteiger partial charge in [-0.2, -0.15) is 0 Å². The number of pyridine rings is 1. The summed E-state index contributed by atoms with van der Waals surface area (Å²) in [6.45, 7) is 1.57. The Labute approximate surface area is 169 Å². The minimum Gasteiger partial charge on any atom is -0.497 e. The Morgan fingerprint density at radius 2 is 1.69 bits per heavy atom. The van der Waals surface area contributed by atoms with Gasteiger partial charge in [0.25, 0.3) is 10.0 Å². The third-order valence-electron chi connectivity index (χ3n) is 4.99. The number of hydrogen-bond acceptors (Lipinski definition) is 5.